The lowest BCUT2D eigenvalue weighted by molar-refractivity contribution is 0.318. The van der Waals surface area contributed by atoms with Gasteiger partial charge in [0.15, 0.2) is 11.6 Å². The molecule has 0 bridgehead atoms. The summed E-state index contributed by atoms with van der Waals surface area (Å²) < 4.78 is 5.66. The van der Waals surface area contributed by atoms with Crippen molar-refractivity contribution in [2.45, 2.75) is 19.8 Å². The van der Waals surface area contributed by atoms with Crippen molar-refractivity contribution >= 4 is 5.82 Å². The molecule has 0 radical (unpaired) electrons. The summed E-state index contributed by atoms with van der Waals surface area (Å²) in [6.45, 7) is 3.67. The van der Waals surface area contributed by atoms with E-state index in [4.69, 9.17) is 4.74 Å². The molecule has 0 aliphatic heterocycles. The molecule has 0 spiro atoms. The second-order valence-electron chi connectivity index (χ2n) is 4.36. The zero-order valence-corrected chi connectivity index (χ0v) is 11.3. The first-order valence-corrected chi connectivity index (χ1v) is 6.75. The summed E-state index contributed by atoms with van der Waals surface area (Å²) in [5.74, 6) is 1.66. The van der Waals surface area contributed by atoms with Crippen LogP contribution in [-0.4, -0.2) is 18.1 Å². The minimum atomic E-state index is 0.721. The molecule has 2 rings (SSSR count). The average molecular weight is 256 g/mol. The number of hydrogen-bond donors (Lipinski definition) is 1. The molecule has 1 N–H and O–H groups in total. The predicted octanol–water partition coefficient (Wildman–Crippen LogP) is 3.53. The molecule has 1 heterocycles. The van der Waals surface area contributed by atoms with E-state index in [0.717, 1.165) is 37.6 Å². The van der Waals surface area contributed by atoms with Crippen molar-refractivity contribution in [3.63, 3.8) is 0 Å². The van der Waals surface area contributed by atoms with Gasteiger partial charge in [0.25, 0.3) is 0 Å². The highest BCUT2D eigenvalue weighted by molar-refractivity contribution is 5.49. The third-order valence-electron chi connectivity index (χ3n) is 2.78. The fourth-order valence-electron chi connectivity index (χ4n) is 1.82. The van der Waals surface area contributed by atoms with E-state index in [1.54, 1.807) is 6.20 Å². The van der Waals surface area contributed by atoms with Gasteiger partial charge in [0.05, 0.1) is 6.61 Å². The maximum absolute atomic E-state index is 5.66. The van der Waals surface area contributed by atoms with Crippen LogP contribution in [0.1, 0.15) is 18.9 Å². The van der Waals surface area contributed by atoms with E-state index in [1.807, 2.05) is 18.2 Å². The fourth-order valence-corrected chi connectivity index (χ4v) is 1.82. The number of anilines is 1. The number of rotatable bonds is 7. The topological polar surface area (TPSA) is 34.1 Å². The zero-order chi connectivity index (χ0) is 13.3. The Morgan fingerprint density at radius 2 is 1.95 bits per heavy atom. The Bertz CT molecular complexity index is 485. The smallest absolute Gasteiger partial charge is 0.168 e. The molecular weight excluding hydrogens is 236 g/mol. The highest BCUT2D eigenvalue weighted by Crippen LogP contribution is 2.20. The highest BCUT2D eigenvalue weighted by Gasteiger charge is 2.03. The Balaban J connectivity index is 1.88. The molecule has 1 aromatic heterocycles. The molecule has 0 saturated heterocycles. The van der Waals surface area contributed by atoms with Crippen molar-refractivity contribution in [1.29, 1.82) is 0 Å². The van der Waals surface area contributed by atoms with Gasteiger partial charge in [0, 0.05) is 12.7 Å². The summed E-state index contributed by atoms with van der Waals surface area (Å²) in [5, 5.41) is 3.33. The highest BCUT2D eigenvalue weighted by atomic mass is 16.5. The van der Waals surface area contributed by atoms with Crippen LogP contribution in [0.2, 0.25) is 0 Å². The molecule has 19 heavy (non-hydrogen) atoms. The van der Waals surface area contributed by atoms with Crippen molar-refractivity contribution in [3.8, 4) is 5.75 Å². The van der Waals surface area contributed by atoms with Gasteiger partial charge in [0.1, 0.15) is 0 Å². The molecule has 3 heteroatoms. The first kappa shape index (κ1) is 13.4. The molecule has 0 fully saturated rings. The van der Waals surface area contributed by atoms with Crippen LogP contribution in [0, 0.1) is 0 Å². The van der Waals surface area contributed by atoms with Gasteiger partial charge in [-0.25, -0.2) is 4.98 Å². The van der Waals surface area contributed by atoms with Gasteiger partial charge in [-0.15, -0.1) is 0 Å². The van der Waals surface area contributed by atoms with Gasteiger partial charge in [0.2, 0.25) is 0 Å². The van der Waals surface area contributed by atoms with Crippen LogP contribution in [0.15, 0.2) is 48.7 Å². The van der Waals surface area contributed by atoms with E-state index in [9.17, 15) is 0 Å². The van der Waals surface area contributed by atoms with Gasteiger partial charge in [-0.05, 0) is 30.5 Å². The summed E-state index contributed by atoms with van der Waals surface area (Å²) in [7, 11) is 0. The van der Waals surface area contributed by atoms with E-state index in [-0.39, 0.29) is 0 Å². The van der Waals surface area contributed by atoms with Crippen LogP contribution in [-0.2, 0) is 6.42 Å². The molecule has 0 aliphatic rings. The van der Waals surface area contributed by atoms with E-state index in [1.165, 1.54) is 5.56 Å². The second kappa shape index (κ2) is 7.41. The van der Waals surface area contributed by atoms with Crippen LogP contribution in [0.4, 0.5) is 5.82 Å². The molecule has 2 aromatic rings. The van der Waals surface area contributed by atoms with Crippen LogP contribution in [0.3, 0.4) is 0 Å². The van der Waals surface area contributed by atoms with Crippen LogP contribution >= 0.6 is 0 Å². The van der Waals surface area contributed by atoms with Gasteiger partial charge in [-0.3, -0.25) is 0 Å². The van der Waals surface area contributed by atoms with Crippen molar-refractivity contribution in [1.82, 2.24) is 4.98 Å². The number of hydrogen-bond acceptors (Lipinski definition) is 3. The average Bonchev–Trinajstić information content (AvgIpc) is 2.47. The van der Waals surface area contributed by atoms with Crippen LogP contribution in [0.25, 0.3) is 0 Å². The molecular formula is C16H20N2O. The van der Waals surface area contributed by atoms with Crippen molar-refractivity contribution < 1.29 is 4.74 Å². The quantitative estimate of drug-likeness (QED) is 0.823. The Labute approximate surface area is 114 Å². The first-order chi connectivity index (χ1) is 9.40. The van der Waals surface area contributed by atoms with Gasteiger partial charge < -0.3 is 10.1 Å². The number of benzene rings is 1. The third kappa shape index (κ3) is 4.28. The van der Waals surface area contributed by atoms with Gasteiger partial charge in [-0.2, -0.15) is 0 Å². The monoisotopic (exact) mass is 256 g/mol. The maximum Gasteiger partial charge on any atom is 0.168 e. The van der Waals surface area contributed by atoms with Gasteiger partial charge in [-0.1, -0.05) is 37.3 Å². The predicted molar refractivity (Wildman–Crippen MR) is 78.7 cm³/mol. The summed E-state index contributed by atoms with van der Waals surface area (Å²) >= 11 is 0. The number of pyridine rings is 1. The second-order valence-corrected chi connectivity index (χ2v) is 4.36. The van der Waals surface area contributed by atoms with E-state index < -0.39 is 0 Å². The Kier molecular flexibility index (Phi) is 5.23. The lowest BCUT2D eigenvalue weighted by Gasteiger charge is -2.11. The lowest BCUT2D eigenvalue weighted by Crippen LogP contribution is -2.08. The lowest BCUT2D eigenvalue weighted by atomic mass is 10.1. The molecule has 0 aliphatic carbocycles. The maximum atomic E-state index is 5.66. The van der Waals surface area contributed by atoms with E-state index in [0.29, 0.717) is 0 Å². The normalized spacial score (nSPS) is 10.2. The molecule has 100 valence electrons. The van der Waals surface area contributed by atoms with Crippen LogP contribution < -0.4 is 10.1 Å². The molecule has 0 atom stereocenters. The first-order valence-electron chi connectivity index (χ1n) is 6.75. The van der Waals surface area contributed by atoms with Crippen molar-refractivity contribution in [2.75, 3.05) is 18.5 Å². The third-order valence-corrected chi connectivity index (χ3v) is 2.78. The molecule has 3 nitrogen and oxygen atoms in total. The molecule has 0 unspecified atom stereocenters. The van der Waals surface area contributed by atoms with E-state index >= 15 is 0 Å². The zero-order valence-electron chi connectivity index (χ0n) is 11.3. The van der Waals surface area contributed by atoms with Gasteiger partial charge >= 0.3 is 0 Å². The summed E-state index contributed by atoms with van der Waals surface area (Å²) in [6.07, 6.45) is 3.76. The van der Waals surface area contributed by atoms with Crippen molar-refractivity contribution in [2.24, 2.45) is 0 Å². The van der Waals surface area contributed by atoms with Crippen LogP contribution in [0.5, 0.6) is 5.75 Å². The summed E-state index contributed by atoms with van der Waals surface area (Å²) in [5.41, 5.74) is 1.32. The number of nitrogens with zero attached hydrogens (tertiary/aromatic N) is 1. The largest absolute Gasteiger partial charge is 0.490 e. The SMILES string of the molecule is CCCOc1cccnc1NCCc1ccccc1. The molecule has 0 saturated carbocycles. The number of aromatic nitrogens is 1. The van der Waals surface area contributed by atoms with Crippen molar-refractivity contribution in [3.05, 3.63) is 54.2 Å². The minimum absolute atomic E-state index is 0.721. The minimum Gasteiger partial charge on any atom is -0.490 e. The Morgan fingerprint density at radius 3 is 2.74 bits per heavy atom. The molecule has 0 amide bonds. The summed E-state index contributed by atoms with van der Waals surface area (Å²) in [4.78, 5) is 4.33. The van der Waals surface area contributed by atoms with E-state index in [2.05, 4.69) is 41.5 Å². The number of nitrogens with one attached hydrogen (secondary N) is 1. The number of ether oxygens (including phenoxy) is 1. The Hall–Kier alpha value is -2.03. The standard InChI is InChI=1S/C16H20N2O/c1-2-13-19-15-9-6-11-17-16(15)18-12-10-14-7-4-3-5-8-14/h3-9,11H,2,10,12-13H2,1H3,(H,17,18). The molecule has 1 aromatic carbocycles. The summed E-state index contributed by atoms with van der Waals surface area (Å²) in [6, 6.07) is 14.3. The fraction of sp³-hybridized carbons (Fsp3) is 0.312. The Morgan fingerprint density at radius 1 is 1.11 bits per heavy atom.